The summed E-state index contributed by atoms with van der Waals surface area (Å²) in [5.41, 5.74) is 5.29. The van der Waals surface area contributed by atoms with E-state index in [0.29, 0.717) is 25.8 Å². The number of piperidine rings is 1. The van der Waals surface area contributed by atoms with Gasteiger partial charge in [0.2, 0.25) is 0 Å². The molecule has 1 aromatic heterocycles. The Labute approximate surface area is 219 Å². The third-order valence-corrected chi connectivity index (χ3v) is 9.11. The lowest BCUT2D eigenvalue weighted by atomic mass is 9.80. The number of likely N-dealkylation sites (tertiary alicyclic amines) is 1. The molecule has 1 saturated carbocycles. The van der Waals surface area contributed by atoms with Gasteiger partial charge in [-0.25, -0.2) is 4.98 Å². The lowest BCUT2D eigenvalue weighted by Crippen LogP contribution is -2.44. The van der Waals surface area contributed by atoms with Crippen molar-refractivity contribution in [2.45, 2.75) is 103 Å². The van der Waals surface area contributed by atoms with E-state index in [0.717, 1.165) is 35.7 Å². The van der Waals surface area contributed by atoms with Crippen molar-refractivity contribution in [1.29, 1.82) is 0 Å². The third kappa shape index (κ3) is 5.56. The fraction of sp³-hybridized carbons (Fsp3) is 0.690. The Morgan fingerprint density at radius 2 is 1.63 bits per heavy atom. The predicted molar refractivity (Wildman–Crippen MR) is 144 cm³/mol. The van der Waals surface area contributed by atoms with Crippen LogP contribution in [0.1, 0.15) is 82.0 Å². The van der Waals surface area contributed by atoms with Crippen molar-refractivity contribution in [1.82, 2.24) is 14.5 Å². The van der Waals surface area contributed by atoms with E-state index in [-0.39, 0.29) is 6.29 Å². The van der Waals surface area contributed by atoms with E-state index in [1.54, 1.807) is 0 Å². The number of hydrogen-bond donors (Lipinski definition) is 0. The number of aryl methyl sites for hydroxylation is 2. The quantitative estimate of drug-likeness (QED) is 0.369. The second-order valence-electron chi connectivity index (χ2n) is 10.5. The molecule has 5 rings (SSSR count). The van der Waals surface area contributed by atoms with Crippen molar-refractivity contribution in [3.05, 3.63) is 39.6 Å². The molecule has 2 saturated heterocycles. The Hall–Kier alpha value is -1.21. The largest absolute Gasteiger partial charge is 0.348 e. The highest BCUT2D eigenvalue weighted by Crippen LogP contribution is 2.37. The molecule has 0 amide bonds. The van der Waals surface area contributed by atoms with Crippen LogP contribution in [-0.4, -0.2) is 46.5 Å². The average Bonchev–Trinajstić information content (AvgIpc) is 3.53. The summed E-state index contributed by atoms with van der Waals surface area (Å²) in [7, 11) is 0. The first-order chi connectivity index (χ1) is 17.2. The number of imidazole rings is 1. The van der Waals surface area contributed by atoms with Crippen molar-refractivity contribution in [3.8, 4) is 11.4 Å². The Balaban J connectivity index is 1.53. The molecule has 5 nitrogen and oxygen atoms in total. The summed E-state index contributed by atoms with van der Waals surface area (Å²) in [5, 5.41) is 0. The van der Waals surface area contributed by atoms with E-state index in [1.165, 1.54) is 80.3 Å². The molecular weight excluding hydrogens is 502 g/mol. The highest BCUT2D eigenvalue weighted by molar-refractivity contribution is 9.10. The van der Waals surface area contributed by atoms with Crippen molar-refractivity contribution in [3.63, 3.8) is 0 Å². The lowest BCUT2D eigenvalue weighted by molar-refractivity contribution is -0.0530. The van der Waals surface area contributed by atoms with Gasteiger partial charge in [0.15, 0.2) is 6.29 Å². The molecule has 0 bridgehead atoms. The standard InChI is InChI=1S/C29H42BrN3O2/c1-3-21-13-10-14-22(4-2)27(21)29-31-28(30)25(33(29)20-26-34-17-18-35-26)19-32-16-9-8-15-24(32)23-11-6-5-7-12-23/h10,13-14,23-24,26H,3-9,11-12,15-20H2,1-2H3. The average molecular weight is 545 g/mol. The maximum Gasteiger partial charge on any atom is 0.175 e. The molecule has 192 valence electrons. The van der Waals surface area contributed by atoms with E-state index in [2.05, 4.69) is 57.4 Å². The smallest absolute Gasteiger partial charge is 0.175 e. The molecule has 3 fully saturated rings. The molecule has 2 aliphatic heterocycles. The van der Waals surface area contributed by atoms with Gasteiger partial charge in [0.1, 0.15) is 10.4 Å². The molecule has 3 aliphatic rings. The van der Waals surface area contributed by atoms with Crippen LogP contribution in [0.5, 0.6) is 0 Å². The van der Waals surface area contributed by atoms with Crippen molar-refractivity contribution in [2.24, 2.45) is 5.92 Å². The second kappa shape index (κ2) is 11.9. The summed E-state index contributed by atoms with van der Waals surface area (Å²) in [5.74, 6) is 1.92. The summed E-state index contributed by atoms with van der Waals surface area (Å²) < 4.78 is 15.3. The van der Waals surface area contributed by atoms with E-state index < -0.39 is 0 Å². The van der Waals surface area contributed by atoms with Gasteiger partial charge in [-0.2, -0.15) is 0 Å². The minimum absolute atomic E-state index is 0.206. The summed E-state index contributed by atoms with van der Waals surface area (Å²) in [6.45, 7) is 8.65. The van der Waals surface area contributed by atoms with Crippen LogP contribution in [0.25, 0.3) is 11.4 Å². The molecule has 0 N–H and O–H groups in total. The van der Waals surface area contributed by atoms with Gasteiger partial charge >= 0.3 is 0 Å². The molecule has 35 heavy (non-hydrogen) atoms. The minimum atomic E-state index is -0.206. The maximum absolute atomic E-state index is 5.93. The first kappa shape index (κ1) is 25.4. The first-order valence-electron chi connectivity index (χ1n) is 14.0. The highest BCUT2D eigenvalue weighted by Gasteiger charge is 2.33. The third-order valence-electron chi connectivity index (χ3n) is 8.48. The summed E-state index contributed by atoms with van der Waals surface area (Å²) in [6.07, 6.45) is 12.8. The number of halogens is 1. The normalized spacial score (nSPS) is 22.8. The SMILES string of the molecule is CCc1cccc(CC)c1-c1nc(Br)c(CN2CCCCC2C2CCCCC2)n1CC1OCCO1. The molecule has 0 radical (unpaired) electrons. The summed E-state index contributed by atoms with van der Waals surface area (Å²) >= 11 is 3.91. The van der Waals surface area contributed by atoms with Crippen molar-refractivity contribution >= 4 is 15.9 Å². The van der Waals surface area contributed by atoms with Crippen LogP contribution in [0.2, 0.25) is 0 Å². The van der Waals surface area contributed by atoms with Crippen molar-refractivity contribution in [2.75, 3.05) is 19.8 Å². The molecule has 1 aromatic carbocycles. The minimum Gasteiger partial charge on any atom is -0.348 e. The molecule has 0 spiro atoms. The number of ether oxygens (including phenoxy) is 2. The van der Waals surface area contributed by atoms with Gasteiger partial charge in [0.05, 0.1) is 25.5 Å². The van der Waals surface area contributed by atoms with Crippen LogP contribution >= 0.6 is 15.9 Å². The summed E-state index contributed by atoms with van der Waals surface area (Å²) in [4.78, 5) is 7.97. The second-order valence-corrected chi connectivity index (χ2v) is 11.3. The van der Waals surface area contributed by atoms with Crippen molar-refractivity contribution < 1.29 is 9.47 Å². The van der Waals surface area contributed by atoms with Gasteiger partial charge in [0, 0.05) is 18.2 Å². The fourth-order valence-electron chi connectivity index (χ4n) is 6.64. The van der Waals surface area contributed by atoms with Crippen LogP contribution in [0, 0.1) is 5.92 Å². The zero-order chi connectivity index (χ0) is 24.2. The van der Waals surface area contributed by atoms with Crippen LogP contribution in [-0.2, 0) is 35.4 Å². The van der Waals surface area contributed by atoms with Gasteiger partial charge < -0.3 is 14.0 Å². The van der Waals surface area contributed by atoms with Gasteiger partial charge in [-0.05, 0) is 78.0 Å². The molecule has 1 unspecified atom stereocenters. The van der Waals surface area contributed by atoms with Gasteiger partial charge in [-0.3, -0.25) is 4.90 Å². The van der Waals surface area contributed by atoms with E-state index in [1.807, 2.05) is 0 Å². The number of hydrogen-bond acceptors (Lipinski definition) is 4. The Morgan fingerprint density at radius 3 is 2.31 bits per heavy atom. The van der Waals surface area contributed by atoms with E-state index >= 15 is 0 Å². The predicted octanol–water partition coefficient (Wildman–Crippen LogP) is 6.75. The number of aromatic nitrogens is 2. The van der Waals surface area contributed by atoms with Gasteiger partial charge in [0.25, 0.3) is 0 Å². The Bertz CT molecular complexity index is 956. The zero-order valence-corrected chi connectivity index (χ0v) is 23.2. The molecule has 1 atom stereocenters. The number of benzene rings is 1. The molecule has 1 aliphatic carbocycles. The lowest BCUT2D eigenvalue weighted by Gasteiger charge is -2.42. The zero-order valence-electron chi connectivity index (χ0n) is 21.6. The number of rotatable bonds is 8. The maximum atomic E-state index is 5.93. The topological polar surface area (TPSA) is 39.5 Å². The Morgan fingerprint density at radius 1 is 0.943 bits per heavy atom. The van der Waals surface area contributed by atoms with Gasteiger partial charge in [-0.1, -0.05) is 57.7 Å². The molecule has 6 heteroatoms. The molecule has 3 heterocycles. The van der Waals surface area contributed by atoms with Crippen LogP contribution < -0.4 is 0 Å². The van der Waals surface area contributed by atoms with E-state index in [9.17, 15) is 0 Å². The monoisotopic (exact) mass is 543 g/mol. The first-order valence-corrected chi connectivity index (χ1v) is 14.8. The Kier molecular flexibility index (Phi) is 8.64. The van der Waals surface area contributed by atoms with Crippen LogP contribution in [0.4, 0.5) is 0 Å². The molecular formula is C29H42BrN3O2. The summed E-state index contributed by atoms with van der Waals surface area (Å²) in [6, 6.07) is 7.41. The fourth-order valence-corrected chi connectivity index (χ4v) is 7.15. The number of nitrogens with zero attached hydrogens (tertiary/aromatic N) is 3. The molecule has 2 aromatic rings. The highest BCUT2D eigenvalue weighted by atomic mass is 79.9. The van der Waals surface area contributed by atoms with E-state index in [4.69, 9.17) is 14.5 Å². The van der Waals surface area contributed by atoms with Crippen LogP contribution in [0.3, 0.4) is 0 Å². The van der Waals surface area contributed by atoms with Gasteiger partial charge in [-0.15, -0.1) is 0 Å². The van der Waals surface area contributed by atoms with Crippen LogP contribution in [0.15, 0.2) is 22.8 Å².